The molecule has 14 heavy (non-hydrogen) atoms. The molecule has 0 aliphatic heterocycles. The molecule has 3 heteroatoms. The maximum absolute atomic E-state index is 11.3. The summed E-state index contributed by atoms with van der Waals surface area (Å²) in [5.74, 6) is 0.675. The van der Waals surface area contributed by atoms with E-state index in [-0.39, 0.29) is 12.1 Å². The van der Waals surface area contributed by atoms with E-state index in [0.29, 0.717) is 24.8 Å². The Morgan fingerprint density at radius 2 is 1.86 bits per heavy atom. The second-order valence-electron chi connectivity index (χ2n) is 4.32. The highest BCUT2D eigenvalue weighted by Crippen LogP contribution is 2.09. The van der Waals surface area contributed by atoms with Crippen molar-refractivity contribution in [2.24, 2.45) is 17.6 Å². The van der Waals surface area contributed by atoms with Gasteiger partial charge in [-0.3, -0.25) is 4.79 Å². The molecule has 3 nitrogen and oxygen atoms in total. The van der Waals surface area contributed by atoms with Gasteiger partial charge in [0.2, 0.25) is 0 Å². The number of esters is 1. The topological polar surface area (TPSA) is 52.3 Å². The fourth-order valence-corrected chi connectivity index (χ4v) is 0.884. The van der Waals surface area contributed by atoms with Crippen LogP contribution in [0.25, 0.3) is 0 Å². The van der Waals surface area contributed by atoms with Crippen LogP contribution in [-0.4, -0.2) is 18.6 Å². The summed E-state index contributed by atoms with van der Waals surface area (Å²) in [6, 6.07) is 0. The van der Waals surface area contributed by atoms with Crippen molar-refractivity contribution >= 4 is 5.97 Å². The third-order valence-corrected chi connectivity index (χ3v) is 2.50. The first-order chi connectivity index (χ1) is 6.47. The number of carbonyl (C=O) groups is 1. The van der Waals surface area contributed by atoms with Gasteiger partial charge in [0, 0.05) is 6.42 Å². The molecule has 0 saturated carbocycles. The van der Waals surface area contributed by atoms with E-state index in [4.69, 9.17) is 10.5 Å². The molecular weight excluding hydrogens is 178 g/mol. The van der Waals surface area contributed by atoms with Crippen LogP contribution in [-0.2, 0) is 9.53 Å². The Balaban J connectivity index is 3.65. The summed E-state index contributed by atoms with van der Waals surface area (Å²) in [6.07, 6.45) is 1.31. The number of carbonyl (C=O) groups excluding carboxylic acids is 1. The van der Waals surface area contributed by atoms with Crippen molar-refractivity contribution in [3.63, 3.8) is 0 Å². The lowest BCUT2D eigenvalue weighted by Gasteiger charge is -2.17. The van der Waals surface area contributed by atoms with Crippen LogP contribution in [0.5, 0.6) is 0 Å². The van der Waals surface area contributed by atoms with Crippen molar-refractivity contribution in [3.05, 3.63) is 0 Å². The standard InChI is InChI=1S/C11H23NO2/c1-8(2)10(4)14-11(13)6-5-9(3)7-12/h8-10H,5-7,12H2,1-4H3. The first-order valence-corrected chi connectivity index (χ1v) is 5.36. The monoisotopic (exact) mass is 201 g/mol. The minimum absolute atomic E-state index is 0.00989. The molecule has 84 valence electrons. The summed E-state index contributed by atoms with van der Waals surface area (Å²) in [6.45, 7) is 8.68. The maximum Gasteiger partial charge on any atom is 0.306 e. The van der Waals surface area contributed by atoms with E-state index in [1.165, 1.54) is 0 Å². The molecule has 0 aromatic rings. The van der Waals surface area contributed by atoms with Gasteiger partial charge in [0.05, 0.1) is 0 Å². The van der Waals surface area contributed by atoms with Crippen LogP contribution in [0.4, 0.5) is 0 Å². The van der Waals surface area contributed by atoms with Crippen LogP contribution >= 0.6 is 0 Å². The van der Waals surface area contributed by atoms with Crippen molar-refractivity contribution in [2.45, 2.75) is 46.6 Å². The number of ether oxygens (including phenoxy) is 1. The van der Waals surface area contributed by atoms with E-state index in [9.17, 15) is 4.79 Å². The molecule has 0 aliphatic carbocycles. The first-order valence-electron chi connectivity index (χ1n) is 5.36. The quantitative estimate of drug-likeness (QED) is 0.668. The minimum atomic E-state index is -0.105. The number of hydrogen-bond donors (Lipinski definition) is 1. The van der Waals surface area contributed by atoms with Gasteiger partial charge in [0.1, 0.15) is 6.10 Å². The predicted molar refractivity (Wildman–Crippen MR) is 57.8 cm³/mol. The lowest BCUT2D eigenvalue weighted by Crippen LogP contribution is -2.21. The van der Waals surface area contributed by atoms with Crippen LogP contribution in [0.2, 0.25) is 0 Å². The minimum Gasteiger partial charge on any atom is -0.462 e. The molecule has 0 aromatic heterocycles. The van der Waals surface area contributed by atoms with Gasteiger partial charge >= 0.3 is 5.97 Å². The Morgan fingerprint density at radius 3 is 2.29 bits per heavy atom. The van der Waals surface area contributed by atoms with E-state index in [1.807, 2.05) is 27.7 Å². The van der Waals surface area contributed by atoms with Crippen molar-refractivity contribution < 1.29 is 9.53 Å². The summed E-state index contributed by atoms with van der Waals surface area (Å²) >= 11 is 0. The molecule has 0 fully saturated rings. The fraction of sp³-hybridized carbons (Fsp3) is 0.909. The highest BCUT2D eigenvalue weighted by atomic mass is 16.5. The number of hydrogen-bond acceptors (Lipinski definition) is 3. The van der Waals surface area contributed by atoms with Gasteiger partial charge in [-0.25, -0.2) is 0 Å². The molecule has 0 spiro atoms. The average molecular weight is 201 g/mol. The van der Waals surface area contributed by atoms with Crippen molar-refractivity contribution in [1.29, 1.82) is 0 Å². The zero-order valence-electron chi connectivity index (χ0n) is 9.75. The summed E-state index contributed by atoms with van der Waals surface area (Å²) in [5, 5.41) is 0. The molecule has 0 aromatic carbocycles. The molecule has 0 heterocycles. The van der Waals surface area contributed by atoms with Crippen LogP contribution in [0, 0.1) is 11.8 Å². The fourth-order valence-electron chi connectivity index (χ4n) is 0.884. The Bertz CT molecular complexity index is 169. The third kappa shape index (κ3) is 5.97. The van der Waals surface area contributed by atoms with E-state index >= 15 is 0 Å². The molecule has 2 atom stereocenters. The van der Waals surface area contributed by atoms with Crippen LogP contribution in [0.1, 0.15) is 40.5 Å². The number of nitrogens with two attached hydrogens (primary N) is 1. The summed E-state index contributed by atoms with van der Waals surface area (Å²) in [5.41, 5.74) is 5.46. The Kier molecular flexibility index (Phi) is 6.54. The van der Waals surface area contributed by atoms with Gasteiger partial charge in [-0.15, -0.1) is 0 Å². The molecule has 2 N–H and O–H groups in total. The Hall–Kier alpha value is -0.570. The molecule has 0 rings (SSSR count). The second-order valence-corrected chi connectivity index (χ2v) is 4.32. The maximum atomic E-state index is 11.3. The highest BCUT2D eigenvalue weighted by molar-refractivity contribution is 5.69. The second kappa shape index (κ2) is 6.82. The van der Waals surface area contributed by atoms with E-state index in [2.05, 4.69) is 0 Å². The van der Waals surface area contributed by atoms with Crippen molar-refractivity contribution in [1.82, 2.24) is 0 Å². The van der Waals surface area contributed by atoms with Gasteiger partial charge in [-0.2, -0.15) is 0 Å². The van der Waals surface area contributed by atoms with Gasteiger partial charge < -0.3 is 10.5 Å². The zero-order valence-corrected chi connectivity index (χ0v) is 9.75. The molecule has 0 radical (unpaired) electrons. The van der Waals surface area contributed by atoms with Crippen molar-refractivity contribution in [3.8, 4) is 0 Å². The average Bonchev–Trinajstić information content (AvgIpc) is 2.13. The van der Waals surface area contributed by atoms with Gasteiger partial charge in [0.15, 0.2) is 0 Å². The highest BCUT2D eigenvalue weighted by Gasteiger charge is 2.13. The molecule has 0 aliphatic rings. The van der Waals surface area contributed by atoms with E-state index in [0.717, 1.165) is 6.42 Å². The summed E-state index contributed by atoms with van der Waals surface area (Å²) in [4.78, 5) is 11.3. The molecule has 0 saturated heterocycles. The summed E-state index contributed by atoms with van der Waals surface area (Å²) < 4.78 is 5.23. The first kappa shape index (κ1) is 13.4. The zero-order chi connectivity index (χ0) is 11.1. The van der Waals surface area contributed by atoms with Gasteiger partial charge in [0.25, 0.3) is 0 Å². The van der Waals surface area contributed by atoms with Gasteiger partial charge in [-0.1, -0.05) is 20.8 Å². The number of rotatable bonds is 6. The van der Waals surface area contributed by atoms with Gasteiger partial charge in [-0.05, 0) is 31.7 Å². The molecular formula is C11H23NO2. The Labute approximate surface area is 87.0 Å². The predicted octanol–water partition coefficient (Wildman–Crippen LogP) is 1.95. The van der Waals surface area contributed by atoms with Crippen LogP contribution < -0.4 is 5.73 Å². The summed E-state index contributed by atoms with van der Waals surface area (Å²) in [7, 11) is 0. The van der Waals surface area contributed by atoms with E-state index in [1.54, 1.807) is 0 Å². The smallest absolute Gasteiger partial charge is 0.306 e. The normalized spacial score (nSPS) is 15.3. The van der Waals surface area contributed by atoms with Crippen LogP contribution in [0.15, 0.2) is 0 Å². The van der Waals surface area contributed by atoms with Crippen LogP contribution in [0.3, 0.4) is 0 Å². The van der Waals surface area contributed by atoms with Crippen molar-refractivity contribution in [2.75, 3.05) is 6.54 Å². The molecule has 0 bridgehead atoms. The molecule has 2 unspecified atom stereocenters. The third-order valence-electron chi connectivity index (χ3n) is 2.50. The SMILES string of the molecule is CC(CN)CCC(=O)OC(C)C(C)C. The Morgan fingerprint density at radius 1 is 1.29 bits per heavy atom. The lowest BCUT2D eigenvalue weighted by atomic mass is 10.1. The van der Waals surface area contributed by atoms with E-state index < -0.39 is 0 Å². The largest absolute Gasteiger partial charge is 0.462 e. The lowest BCUT2D eigenvalue weighted by molar-refractivity contribution is -0.150. The molecule has 0 amide bonds.